The molecule has 0 rings (SSSR count). The van der Waals surface area contributed by atoms with Crippen LogP contribution in [0.1, 0.15) is 54.4 Å². The molecule has 0 aliphatic heterocycles. The van der Waals surface area contributed by atoms with Gasteiger partial charge in [0, 0.05) is 23.9 Å². The fraction of sp³-hybridized carbons (Fsp3) is 0.875. The van der Waals surface area contributed by atoms with Crippen molar-refractivity contribution in [3.8, 4) is 0 Å². The highest BCUT2D eigenvalue weighted by Gasteiger charge is 2.23. The van der Waals surface area contributed by atoms with Gasteiger partial charge in [0.25, 0.3) is 0 Å². The summed E-state index contributed by atoms with van der Waals surface area (Å²) in [5, 5.41) is 6.66. The van der Waals surface area contributed by atoms with E-state index in [1.54, 1.807) is 13.8 Å². The molecule has 0 aliphatic rings. The molecule has 0 unspecified atom stereocenters. The maximum atomic E-state index is 11.3. The van der Waals surface area contributed by atoms with Gasteiger partial charge in [0.2, 0.25) is 0 Å². The number of carbonyl (C=O) groups is 2. The molecule has 0 amide bonds. The lowest BCUT2D eigenvalue weighted by Crippen LogP contribution is -2.36. The van der Waals surface area contributed by atoms with Crippen LogP contribution in [-0.4, -0.2) is 37.7 Å². The van der Waals surface area contributed by atoms with E-state index in [0.29, 0.717) is 0 Å². The number of nitrogens with one attached hydrogen (secondary N) is 2. The van der Waals surface area contributed by atoms with E-state index >= 15 is 0 Å². The van der Waals surface area contributed by atoms with Crippen LogP contribution in [0.4, 0.5) is 0 Å². The van der Waals surface area contributed by atoms with Gasteiger partial charge in [0.1, 0.15) is 11.6 Å². The van der Waals surface area contributed by atoms with Crippen molar-refractivity contribution in [1.29, 1.82) is 0 Å². The Labute approximate surface area is 124 Å². The Balaban J connectivity index is 3.56. The summed E-state index contributed by atoms with van der Waals surface area (Å²) in [6, 6.07) is 0. The van der Waals surface area contributed by atoms with Crippen molar-refractivity contribution in [3.05, 3.63) is 0 Å². The van der Waals surface area contributed by atoms with Gasteiger partial charge in [0.05, 0.1) is 0 Å². The summed E-state index contributed by atoms with van der Waals surface area (Å²) >= 11 is 0. The van der Waals surface area contributed by atoms with E-state index in [4.69, 9.17) is 0 Å². The van der Waals surface area contributed by atoms with Crippen LogP contribution < -0.4 is 10.6 Å². The highest BCUT2D eigenvalue weighted by atomic mass is 16.1. The fourth-order valence-corrected chi connectivity index (χ4v) is 1.55. The van der Waals surface area contributed by atoms with Gasteiger partial charge < -0.3 is 10.6 Å². The first kappa shape index (κ1) is 19.3. The highest BCUT2D eigenvalue weighted by molar-refractivity contribution is 5.82. The third-order valence-electron chi connectivity index (χ3n) is 4.00. The van der Waals surface area contributed by atoms with Crippen LogP contribution in [0.3, 0.4) is 0 Å². The Hall–Kier alpha value is -0.740. The molecule has 0 fully saturated rings. The quantitative estimate of drug-likeness (QED) is 0.571. The smallest absolute Gasteiger partial charge is 0.136 e. The van der Waals surface area contributed by atoms with E-state index in [0.717, 1.165) is 39.0 Å². The van der Waals surface area contributed by atoms with Crippen LogP contribution in [-0.2, 0) is 9.59 Å². The highest BCUT2D eigenvalue weighted by Crippen LogP contribution is 2.15. The maximum absolute atomic E-state index is 11.3. The normalized spacial score (nSPS) is 12.5. The SMILES string of the molecule is CC(=O)C(C)(C)CNCCCCNCC(C)(C)C(C)=O. The first-order valence-corrected chi connectivity index (χ1v) is 7.53. The molecule has 0 heterocycles. The first-order valence-electron chi connectivity index (χ1n) is 7.53. The van der Waals surface area contributed by atoms with Crippen molar-refractivity contribution in [1.82, 2.24) is 10.6 Å². The molecule has 0 saturated heterocycles. The Kier molecular flexibility index (Phi) is 8.21. The standard InChI is InChI=1S/C16H32N2O2/c1-13(19)15(3,4)11-17-9-7-8-10-18-12-16(5,6)14(2)20/h17-18H,7-12H2,1-6H3. The van der Waals surface area contributed by atoms with Crippen LogP contribution in [0, 0.1) is 10.8 Å². The predicted octanol–water partition coefficient (Wildman–Crippen LogP) is 2.18. The van der Waals surface area contributed by atoms with Crippen LogP contribution in [0.15, 0.2) is 0 Å². The minimum atomic E-state index is -0.274. The third kappa shape index (κ3) is 7.75. The molecule has 2 N–H and O–H groups in total. The molecule has 0 atom stereocenters. The van der Waals surface area contributed by atoms with Crippen molar-refractivity contribution in [3.63, 3.8) is 0 Å². The number of Topliss-reactive ketones (excluding diaryl/α,β-unsaturated/α-hetero) is 2. The third-order valence-corrected chi connectivity index (χ3v) is 4.00. The molecule has 0 aromatic rings. The summed E-state index contributed by atoms with van der Waals surface area (Å²) in [6.07, 6.45) is 2.14. The van der Waals surface area contributed by atoms with Crippen molar-refractivity contribution in [2.75, 3.05) is 26.2 Å². The largest absolute Gasteiger partial charge is 0.316 e. The summed E-state index contributed by atoms with van der Waals surface area (Å²) in [6.45, 7) is 14.5. The number of carbonyl (C=O) groups excluding carboxylic acids is 2. The van der Waals surface area contributed by atoms with Crippen molar-refractivity contribution in [2.24, 2.45) is 10.8 Å². The molecular formula is C16H32N2O2. The van der Waals surface area contributed by atoms with Gasteiger partial charge in [0.15, 0.2) is 0 Å². The number of hydrogen-bond acceptors (Lipinski definition) is 4. The zero-order chi connectivity index (χ0) is 15.8. The molecule has 0 aromatic heterocycles. The molecule has 20 heavy (non-hydrogen) atoms. The van der Waals surface area contributed by atoms with Crippen molar-refractivity contribution < 1.29 is 9.59 Å². The summed E-state index contributed by atoms with van der Waals surface area (Å²) in [4.78, 5) is 22.7. The molecule has 0 radical (unpaired) electrons. The van der Waals surface area contributed by atoms with E-state index in [2.05, 4.69) is 10.6 Å². The molecule has 118 valence electrons. The Morgan fingerprint density at radius 1 is 0.750 bits per heavy atom. The zero-order valence-electron chi connectivity index (χ0n) is 14.1. The molecule has 0 saturated carbocycles. The number of ketones is 2. The second kappa shape index (κ2) is 8.53. The minimum Gasteiger partial charge on any atom is -0.316 e. The van der Waals surface area contributed by atoms with E-state index in [-0.39, 0.29) is 22.4 Å². The molecular weight excluding hydrogens is 252 g/mol. The lowest BCUT2D eigenvalue weighted by Gasteiger charge is -2.22. The van der Waals surface area contributed by atoms with Crippen molar-refractivity contribution >= 4 is 11.6 Å². The molecule has 0 bridgehead atoms. The second-order valence-electron chi connectivity index (χ2n) is 6.94. The molecule has 0 aliphatic carbocycles. The maximum Gasteiger partial charge on any atom is 0.136 e. The van der Waals surface area contributed by atoms with Crippen LogP contribution >= 0.6 is 0 Å². The van der Waals surface area contributed by atoms with Gasteiger partial charge >= 0.3 is 0 Å². The van der Waals surface area contributed by atoms with Crippen LogP contribution in [0.25, 0.3) is 0 Å². The zero-order valence-corrected chi connectivity index (χ0v) is 14.1. The van der Waals surface area contributed by atoms with Gasteiger partial charge in [-0.05, 0) is 39.8 Å². The lowest BCUT2D eigenvalue weighted by molar-refractivity contribution is -0.125. The van der Waals surface area contributed by atoms with E-state index in [1.165, 1.54) is 0 Å². The van der Waals surface area contributed by atoms with Crippen molar-refractivity contribution in [2.45, 2.75) is 54.4 Å². The summed E-state index contributed by atoms with van der Waals surface area (Å²) in [5.74, 6) is 0.441. The van der Waals surface area contributed by atoms with Gasteiger partial charge in [-0.15, -0.1) is 0 Å². The Morgan fingerprint density at radius 2 is 1.05 bits per heavy atom. The average Bonchev–Trinajstić information content (AvgIpc) is 2.31. The Bertz CT molecular complexity index is 290. The summed E-state index contributed by atoms with van der Waals surface area (Å²) < 4.78 is 0. The molecule has 4 nitrogen and oxygen atoms in total. The lowest BCUT2D eigenvalue weighted by atomic mass is 9.89. The second-order valence-corrected chi connectivity index (χ2v) is 6.94. The monoisotopic (exact) mass is 284 g/mol. The number of hydrogen-bond donors (Lipinski definition) is 2. The summed E-state index contributed by atoms with van der Waals surface area (Å²) in [7, 11) is 0. The fourth-order valence-electron chi connectivity index (χ4n) is 1.55. The van der Waals surface area contributed by atoms with E-state index in [9.17, 15) is 9.59 Å². The number of rotatable bonds is 11. The number of unbranched alkanes of at least 4 members (excludes halogenated alkanes) is 1. The topological polar surface area (TPSA) is 58.2 Å². The van der Waals surface area contributed by atoms with Crippen LogP contribution in [0.5, 0.6) is 0 Å². The van der Waals surface area contributed by atoms with Gasteiger partial charge in [-0.1, -0.05) is 27.7 Å². The van der Waals surface area contributed by atoms with E-state index < -0.39 is 0 Å². The molecule has 4 heteroatoms. The first-order chi connectivity index (χ1) is 9.09. The van der Waals surface area contributed by atoms with E-state index in [1.807, 2.05) is 27.7 Å². The van der Waals surface area contributed by atoms with Gasteiger partial charge in [-0.3, -0.25) is 9.59 Å². The predicted molar refractivity (Wildman–Crippen MR) is 83.9 cm³/mol. The molecule has 0 aromatic carbocycles. The Morgan fingerprint density at radius 3 is 1.30 bits per heavy atom. The minimum absolute atomic E-state index is 0.220. The van der Waals surface area contributed by atoms with Crippen LogP contribution in [0.2, 0.25) is 0 Å². The average molecular weight is 284 g/mol. The summed E-state index contributed by atoms with van der Waals surface area (Å²) in [5.41, 5.74) is -0.548. The van der Waals surface area contributed by atoms with Gasteiger partial charge in [-0.25, -0.2) is 0 Å². The molecule has 0 spiro atoms. The van der Waals surface area contributed by atoms with Gasteiger partial charge in [-0.2, -0.15) is 0 Å².